The third-order valence-electron chi connectivity index (χ3n) is 15.8. The highest BCUT2D eigenvalue weighted by molar-refractivity contribution is 5.71. The van der Waals surface area contributed by atoms with Gasteiger partial charge in [0.2, 0.25) is 0 Å². The molecule has 6 nitrogen and oxygen atoms in total. The Morgan fingerprint density at radius 1 is 0.253 bits per heavy atom. The molecule has 0 N–H and O–H groups in total. The molecule has 0 amide bonds. The summed E-state index contributed by atoms with van der Waals surface area (Å²) >= 11 is 0. The zero-order valence-corrected chi connectivity index (χ0v) is 51.1. The lowest BCUT2D eigenvalue weighted by atomic mass is 10.0. The van der Waals surface area contributed by atoms with E-state index in [-0.39, 0.29) is 31.1 Å². The van der Waals surface area contributed by atoms with E-state index in [0.29, 0.717) is 19.3 Å². The van der Waals surface area contributed by atoms with Crippen LogP contribution in [-0.2, 0) is 28.6 Å². The second-order valence-corrected chi connectivity index (χ2v) is 23.5. The van der Waals surface area contributed by atoms with Gasteiger partial charge in [-0.3, -0.25) is 14.4 Å². The highest BCUT2D eigenvalue weighted by Gasteiger charge is 2.19. The first-order chi connectivity index (χ1) is 37.0. The van der Waals surface area contributed by atoms with Crippen LogP contribution in [0.2, 0.25) is 0 Å². The number of unbranched alkanes of at least 4 members (excludes halogenated alkanes) is 51. The Morgan fingerprint density at radius 2 is 0.440 bits per heavy atom. The molecule has 444 valence electrons. The van der Waals surface area contributed by atoms with Crippen LogP contribution in [0, 0.1) is 0 Å². The fourth-order valence-electron chi connectivity index (χ4n) is 10.6. The van der Waals surface area contributed by atoms with Crippen LogP contribution in [-0.4, -0.2) is 37.2 Å². The average molecular weight is 1060 g/mol. The molecule has 0 radical (unpaired) electrons. The van der Waals surface area contributed by atoms with E-state index >= 15 is 0 Å². The molecule has 0 rings (SSSR count). The molecule has 0 fully saturated rings. The normalized spacial score (nSPS) is 12.0. The van der Waals surface area contributed by atoms with Crippen molar-refractivity contribution in [3.63, 3.8) is 0 Å². The summed E-state index contributed by atoms with van der Waals surface area (Å²) in [6.07, 6.45) is 77.0. The monoisotopic (exact) mass is 1060 g/mol. The SMILES string of the molecule is CCCCCCCCC/C=C\CCCCCCCCCC(=O)OC(COC(=O)CCCCCCCCCC)COC(=O)CCCCCCCCCCCCCCCCCCCCCCCCCCCCCCCCC. The van der Waals surface area contributed by atoms with Crippen molar-refractivity contribution in [2.45, 2.75) is 399 Å². The fraction of sp³-hybridized carbons (Fsp3) is 0.928. The van der Waals surface area contributed by atoms with Crippen molar-refractivity contribution in [3.05, 3.63) is 12.2 Å². The minimum absolute atomic E-state index is 0.0659. The van der Waals surface area contributed by atoms with Crippen molar-refractivity contribution in [2.24, 2.45) is 0 Å². The number of hydrogen-bond donors (Lipinski definition) is 0. The first-order valence-corrected chi connectivity index (χ1v) is 34.2. The molecule has 0 aliphatic carbocycles. The summed E-state index contributed by atoms with van der Waals surface area (Å²) in [5.74, 6) is -0.847. The zero-order chi connectivity index (χ0) is 54.3. The maximum atomic E-state index is 12.9. The summed E-state index contributed by atoms with van der Waals surface area (Å²) in [6.45, 7) is 6.68. The summed E-state index contributed by atoms with van der Waals surface area (Å²) < 4.78 is 16.9. The summed E-state index contributed by atoms with van der Waals surface area (Å²) in [5, 5.41) is 0. The van der Waals surface area contributed by atoms with Gasteiger partial charge in [-0.25, -0.2) is 0 Å². The van der Waals surface area contributed by atoms with Gasteiger partial charge in [0.15, 0.2) is 6.10 Å². The van der Waals surface area contributed by atoms with Gasteiger partial charge in [0, 0.05) is 19.3 Å². The molecule has 0 aromatic rings. The standard InChI is InChI=1S/C69H132O6/c1-4-7-10-13-16-19-21-23-25-27-29-30-31-32-33-34-35-36-37-38-39-40-41-43-44-46-48-50-53-56-59-62-68(71)74-65-66(64-73-67(70)61-58-55-52-18-15-12-9-6-3)75-69(72)63-60-57-54-51-49-47-45-42-28-26-24-22-20-17-14-11-8-5-2/h26,28,66H,4-25,27,29-65H2,1-3H3/b28-26-. The molecule has 0 saturated heterocycles. The topological polar surface area (TPSA) is 78.9 Å². The number of hydrogen-bond acceptors (Lipinski definition) is 6. The predicted molar refractivity (Wildman–Crippen MR) is 326 cm³/mol. The van der Waals surface area contributed by atoms with E-state index in [2.05, 4.69) is 32.9 Å². The molecule has 0 aliphatic rings. The number of carbonyl (C=O) groups excluding carboxylic acids is 3. The maximum absolute atomic E-state index is 12.9. The Kier molecular flexibility index (Phi) is 63.1. The molecular weight excluding hydrogens is 925 g/mol. The van der Waals surface area contributed by atoms with Crippen LogP contribution >= 0.6 is 0 Å². The molecule has 1 unspecified atom stereocenters. The van der Waals surface area contributed by atoms with Gasteiger partial charge < -0.3 is 14.2 Å². The quantitative estimate of drug-likeness (QED) is 0.0261. The predicted octanol–water partition coefficient (Wildman–Crippen LogP) is 23.2. The lowest BCUT2D eigenvalue weighted by Crippen LogP contribution is -2.30. The molecule has 1 atom stereocenters. The van der Waals surface area contributed by atoms with Crippen molar-refractivity contribution in [1.82, 2.24) is 0 Å². The van der Waals surface area contributed by atoms with Crippen molar-refractivity contribution in [2.75, 3.05) is 13.2 Å². The van der Waals surface area contributed by atoms with Gasteiger partial charge in [0.25, 0.3) is 0 Å². The van der Waals surface area contributed by atoms with Crippen LogP contribution in [0.5, 0.6) is 0 Å². The number of esters is 3. The summed E-state index contributed by atoms with van der Waals surface area (Å²) in [4.78, 5) is 38.1. The highest BCUT2D eigenvalue weighted by Crippen LogP contribution is 2.19. The molecule has 75 heavy (non-hydrogen) atoms. The van der Waals surface area contributed by atoms with Gasteiger partial charge in [-0.2, -0.15) is 0 Å². The smallest absolute Gasteiger partial charge is 0.306 e. The van der Waals surface area contributed by atoms with Gasteiger partial charge in [0.05, 0.1) is 0 Å². The number of rotatable bonds is 64. The second kappa shape index (κ2) is 64.7. The Morgan fingerprint density at radius 3 is 0.667 bits per heavy atom. The first-order valence-electron chi connectivity index (χ1n) is 34.2. The second-order valence-electron chi connectivity index (χ2n) is 23.5. The molecule has 0 saturated carbocycles. The van der Waals surface area contributed by atoms with E-state index in [1.165, 1.54) is 295 Å². The van der Waals surface area contributed by atoms with E-state index in [0.717, 1.165) is 57.8 Å². The van der Waals surface area contributed by atoms with Crippen LogP contribution in [0.25, 0.3) is 0 Å². The van der Waals surface area contributed by atoms with Crippen LogP contribution in [0.4, 0.5) is 0 Å². The van der Waals surface area contributed by atoms with Gasteiger partial charge in [-0.05, 0) is 44.9 Å². The highest BCUT2D eigenvalue weighted by atomic mass is 16.6. The molecule has 0 bridgehead atoms. The summed E-state index contributed by atoms with van der Waals surface area (Å²) in [5.41, 5.74) is 0. The van der Waals surface area contributed by atoms with E-state index in [1.807, 2.05) is 0 Å². The Hall–Kier alpha value is -1.85. The minimum Gasteiger partial charge on any atom is -0.462 e. The first kappa shape index (κ1) is 73.2. The van der Waals surface area contributed by atoms with E-state index in [9.17, 15) is 14.4 Å². The van der Waals surface area contributed by atoms with E-state index in [1.54, 1.807) is 0 Å². The summed E-state index contributed by atoms with van der Waals surface area (Å²) in [7, 11) is 0. The van der Waals surface area contributed by atoms with Crippen molar-refractivity contribution >= 4 is 17.9 Å². The van der Waals surface area contributed by atoms with Crippen molar-refractivity contribution < 1.29 is 28.6 Å². The minimum atomic E-state index is -0.767. The zero-order valence-electron chi connectivity index (χ0n) is 51.1. The lowest BCUT2D eigenvalue weighted by Gasteiger charge is -2.18. The number of carbonyl (C=O) groups is 3. The van der Waals surface area contributed by atoms with Crippen LogP contribution < -0.4 is 0 Å². The van der Waals surface area contributed by atoms with Crippen molar-refractivity contribution in [1.29, 1.82) is 0 Å². The molecule has 0 aromatic carbocycles. The van der Waals surface area contributed by atoms with Gasteiger partial charge >= 0.3 is 17.9 Å². The lowest BCUT2D eigenvalue weighted by molar-refractivity contribution is -0.167. The molecular formula is C69H132O6. The van der Waals surface area contributed by atoms with Crippen LogP contribution in [0.1, 0.15) is 393 Å². The number of allylic oxidation sites excluding steroid dienone is 2. The van der Waals surface area contributed by atoms with Gasteiger partial charge in [-0.1, -0.05) is 341 Å². The molecule has 6 heteroatoms. The molecule has 0 aromatic heterocycles. The third kappa shape index (κ3) is 62.9. The Bertz CT molecular complexity index is 1170. The number of ether oxygens (including phenoxy) is 3. The summed E-state index contributed by atoms with van der Waals surface area (Å²) in [6, 6.07) is 0. The largest absolute Gasteiger partial charge is 0.462 e. The maximum Gasteiger partial charge on any atom is 0.306 e. The van der Waals surface area contributed by atoms with Gasteiger partial charge in [0.1, 0.15) is 13.2 Å². The van der Waals surface area contributed by atoms with Crippen molar-refractivity contribution in [3.8, 4) is 0 Å². The van der Waals surface area contributed by atoms with Gasteiger partial charge in [-0.15, -0.1) is 0 Å². The molecule has 0 heterocycles. The third-order valence-corrected chi connectivity index (χ3v) is 15.8. The average Bonchev–Trinajstić information content (AvgIpc) is 3.41. The fourth-order valence-corrected chi connectivity index (χ4v) is 10.6. The Labute approximate surface area is 469 Å². The molecule has 0 aliphatic heterocycles. The molecule has 0 spiro atoms. The van der Waals surface area contributed by atoms with Crippen LogP contribution in [0.3, 0.4) is 0 Å². The van der Waals surface area contributed by atoms with Crippen LogP contribution in [0.15, 0.2) is 12.2 Å². The van der Waals surface area contributed by atoms with E-state index < -0.39 is 6.10 Å². The van der Waals surface area contributed by atoms with E-state index in [4.69, 9.17) is 14.2 Å². The Balaban J connectivity index is 4.00.